The predicted molar refractivity (Wildman–Crippen MR) is 101 cm³/mol. The predicted octanol–water partition coefficient (Wildman–Crippen LogP) is 3.90. The van der Waals surface area contributed by atoms with Crippen molar-refractivity contribution in [2.24, 2.45) is 0 Å². The summed E-state index contributed by atoms with van der Waals surface area (Å²) in [5.41, 5.74) is 2.17. The van der Waals surface area contributed by atoms with Crippen LogP contribution in [0.15, 0.2) is 48.5 Å². The minimum Gasteiger partial charge on any atom is -0.465 e. The summed E-state index contributed by atoms with van der Waals surface area (Å²) in [5, 5.41) is 3.61. The maximum Gasteiger partial charge on any atom is 0.337 e. The first kappa shape index (κ1) is 18.4. The number of nitrogens with one attached hydrogen (secondary N) is 1. The molecule has 1 heterocycles. The number of hydrogen-bond donors (Lipinski definition) is 1. The quantitative estimate of drug-likeness (QED) is 0.808. The molecule has 2 aromatic carbocycles. The molecule has 0 aliphatic carbocycles. The van der Waals surface area contributed by atoms with Crippen LogP contribution in [-0.2, 0) is 9.53 Å². The highest BCUT2D eigenvalue weighted by Gasteiger charge is 2.28. The van der Waals surface area contributed by atoms with Gasteiger partial charge in [0, 0.05) is 16.8 Å². The lowest BCUT2D eigenvalue weighted by Crippen LogP contribution is -2.33. The highest BCUT2D eigenvalue weighted by atomic mass is 35.5. The topological polar surface area (TPSA) is 58.6 Å². The van der Waals surface area contributed by atoms with E-state index in [0.29, 0.717) is 17.8 Å². The van der Waals surface area contributed by atoms with E-state index in [0.717, 1.165) is 30.0 Å². The molecule has 0 spiro atoms. The average Bonchev–Trinajstić information content (AvgIpc) is 3.09. The second-order valence-corrected chi connectivity index (χ2v) is 6.67. The number of ether oxygens (including phenoxy) is 1. The molecule has 2 aromatic rings. The van der Waals surface area contributed by atoms with E-state index in [1.54, 1.807) is 24.3 Å². The van der Waals surface area contributed by atoms with Gasteiger partial charge in [-0.15, -0.1) is 0 Å². The number of rotatable bonds is 5. The summed E-state index contributed by atoms with van der Waals surface area (Å²) in [5.74, 6) is -0.489. The molecule has 136 valence electrons. The minimum atomic E-state index is -0.400. The van der Waals surface area contributed by atoms with Crippen molar-refractivity contribution >= 4 is 29.2 Å². The third-order valence-corrected chi connectivity index (χ3v) is 4.91. The Bertz CT molecular complexity index is 792. The zero-order valence-corrected chi connectivity index (χ0v) is 15.3. The van der Waals surface area contributed by atoms with Crippen molar-refractivity contribution in [3.05, 3.63) is 64.7 Å². The number of halogens is 1. The molecule has 1 fully saturated rings. The summed E-state index contributed by atoms with van der Waals surface area (Å²) in [6.45, 7) is 1.17. The molecule has 0 saturated carbocycles. The van der Waals surface area contributed by atoms with Crippen molar-refractivity contribution in [1.29, 1.82) is 0 Å². The molecule has 26 heavy (non-hydrogen) atoms. The normalized spacial score (nSPS) is 17.1. The number of esters is 1. The summed E-state index contributed by atoms with van der Waals surface area (Å²) in [7, 11) is 1.34. The Labute approximate surface area is 157 Å². The number of nitrogens with zero attached hydrogens (tertiary/aromatic N) is 1. The number of benzene rings is 2. The standard InChI is InChI=1S/C20H21ClN2O3/c1-26-20(25)14-8-10-15(11-9-14)22-19(24)13-23-12-4-7-18(23)16-5-2-3-6-17(16)21/h2-3,5-6,8-11,18H,4,7,12-13H2,1H3,(H,22,24). The van der Waals surface area contributed by atoms with Crippen LogP contribution < -0.4 is 5.32 Å². The van der Waals surface area contributed by atoms with Crippen LogP contribution in [0.25, 0.3) is 0 Å². The van der Waals surface area contributed by atoms with Crippen LogP contribution in [0.3, 0.4) is 0 Å². The largest absolute Gasteiger partial charge is 0.465 e. The van der Waals surface area contributed by atoms with Crippen LogP contribution in [0, 0.1) is 0 Å². The van der Waals surface area contributed by atoms with Crippen LogP contribution in [0.4, 0.5) is 5.69 Å². The van der Waals surface area contributed by atoms with Crippen LogP contribution in [0.2, 0.25) is 5.02 Å². The first-order valence-electron chi connectivity index (χ1n) is 8.55. The SMILES string of the molecule is COC(=O)c1ccc(NC(=O)CN2CCCC2c2ccccc2Cl)cc1. The third-order valence-electron chi connectivity index (χ3n) is 4.56. The van der Waals surface area contributed by atoms with Gasteiger partial charge in [0.05, 0.1) is 19.2 Å². The molecule has 1 atom stereocenters. The monoisotopic (exact) mass is 372 g/mol. The summed E-state index contributed by atoms with van der Waals surface area (Å²) in [6, 6.07) is 14.6. The molecule has 0 aromatic heterocycles. The second kappa shape index (κ2) is 8.34. The smallest absolute Gasteiger partial charge is 0.337 e. The maximum atomic E-state index is 12.4. The Kier molecular flexibility index (Phi) is 5.91. The molecule has 1 unspecified atom stereocenters. The van der Waals surface area contributed by atoms with E-state index in [4.69, 9.17) is 11.6 Å². The molecule has 1 amide bonds. The molecule has 1 aliphatic rings. The van der Waals surface area contributed by atoms with Gasteiger partial charge in [-0.25, -0.2) is 4.79 Å². The third kappa shape index (κ3) is 4.23. The fourth-order valence-corrected chi connectivity index (χ4v) is 3.57. The first-order valence-corrected chi connectivity index (χ1v) is 8.93. The van der Waals surface area contributed by atoms with E-state index in [-0.39, 0.29) is 11.9 Å². The Morgan fingerprint density at radius 3 is 2.62 bits per heavy atom. The van der Waals surface area contributed by atoms with Crippen LogP contribution in [0.5, 0.6) is 0 Å². The molecule has 6 heteroatoms. The molecular weight excluding hydrogens is 352 g/mol. The van der Waals surface area contributed by atoms with E-state index in [1.165, 1.54) is 7.11 Å². The lowest BCUT2D eigenvalue weighted by Gasteiger charge is -2.25. The van der Waals surface area contributed by atoms with Gasteiger partial charge in [0.1, 0.15) is 0 Å². The number of likely N-dealkylation sites (tertiary alicyclic amines) is 1. The van der Waals surface area contributed by atoms with Crippen molar-refractivity contribution in [2.75, 3.05) is 25.5 Å². The Hall–Kier alpha value is -2.37. The van der Waals surface area contributed by atoms with E-state index < -0.39 is 5.97 Å². The number of hydrogen-bond acceptors (Lipinski definition) is 4. The van der Waals surface area contributed by atoms with Gasteiger partial charge in [-0.05, 0) is 55.3 Å². The van der Waals surface area contributed by atoms with Gasteiger partial charge in [-0.1, -0.05) is 29.8 Å². The minimum absolute atomic E-state index is 0.0882. The molecule has 1 N–H and O–H groups in total. The van der Waals surface area contributed by atoms with E-state index in [1.807, 2.05) is 24.3 Å². The van der Waals surface area contributed by atoms with E-state index >= 15 is 0 Å². The summed E-state index contributed by atoms with van der Waals surface area (Å²) in [4.78, 5) is 26.0. The van der Waals surface area contributed by atoms with Gasteiger partial charge in [0.15, 0.2) is 0 Å². The first-order chi connectivity index (χ1) is 12.6. The zero-order chi connectivity index (χ0) is 18.5. The van der Waals surface area contributed by atoms with Crippen molar-refractivity contribution < 1.29 is 14.3 Å². The number of carbonyl (C=O) groups excluding carboxylic acids is 2. The Morgan fingerprint density at radius 1 is 1.19 bits per heavy atom. The molecular formula is C20H21ClN2O3. The molecule has 0 radical (unpaired) electrons. The van der Waals surface area contributed by atoms with Gasteiger partial charge in [-0.2, -0.15) is 0 Å². The maximum absolute atomic E-state index is 12.4. The van der Waals surface area contributed by atoms with E-state index in [2.05, 4.69) is 15.0 Å². The average molecular weight is 373 g/mol. The molecule has 1 aliphatic heterocycles. The molecule has 0 bridgehead atoms. The summed E-state index contributed by atoms with van der Waals surface area (Å²) < 4.78 is 4.67. The Balaban J connectivity index is 1.62. The van der Waals surface area contributed by atoms with E-state index in [9.17, 15) is 9.59 Å². The fraction of sp³-hybridized carbons (Fsp3) is 0.300. The van der Waals surface area contributed by atoms with Crippen molar-refractivity contribution in [2.45, 2.75) is 18.9 Å². The van der Waals surface area contributed by atoms with Crippen LogP contribution >= 0.6 is 11.6 Å². The second-order valence-electron chi connectivity index (χ2n) is 6.27. The fourth-order valence-electron chi connectivity index (χ4n) is 3.31. The van der Waals surface area contributed by atoms with Crippen LogP contribution in [-0.4, -0.2) is 37.0 Å². The lowest BCUT2D eigenvalue weighted by atomic mass is 10.0. The van der Waals surface area contributed by atoms with Gasteiger partial charge in [0.25, 0.3) is 0 Å². The molecule has 5 nitrogen and oxygen atoms in total. The number of amides is 1. The highest BCUT2D eigenvalue weighted by Crippen LogP contribution is 2.35. The van der Waals surface area contributed by atoms with Crippen molar-refractivity contribution in [1.82, 2.24) is 4.90 Å². The molecule has 3 rings (SSSR count). The van der Waals surface area contributed by atoms with Crippen LogP contribution in [0.1, 0.15) is 34.8 Å². The number of anilines is 1. The number of carbonyl (C=O) groups is 2. The number of methoxy groups -OCH3 is 1. The van der Waals surface area contributed by atoms with Crippen molar-refractivity contribution in [3.8, 4) is 0 Å². The van der Waals surface area contributed by atoms with Gasteiger partial charge >= 0.3 is 5.97 Å². The van der Waals surface area contributed by atoms with Gasteiger partial charge < -0.3 is 10.1 Å². The summed E-state index contributed by atoms with van der Waals surface area (Å²) in [6.07, 6.45) is 2.03. The van der Waals surface area contributed by atoms with Crippen molar-refractivity contribution in [3.63, 3.8) is 0 Å². The highest BCUT2D eigenvalue weighted by molar-refractivity contribution is 6.31. The summed E-state index contributed by atoms with van der Waals surface area (Å²) >= 11 is 6.32. The lowest BCUT2D eigenvalue weighted by molar-refractivity contribution is -0.117. The molecule has 1 saturated heterocycles. The Morgan fingerprint density at radius 2 is 1.92 bits per heavy atom. The zero-order valence-electron chi connectivity index (χ0n) is 14.6. The van der Waals surface area contributed by atoms with Gasteiger partial charge in [0.2, 0.25) is 5.91 Å². The van der Waals surface area contributed by atoms with Gasteiger partial charge in [-0.3, -0.25) is 9.69 Å².